The number of thioether (sulfide) groups is 1. The molecule has 4 heterocycles. The molecule has 0 aliphatic carbocycles. The lowest BCUT2D eigenvalue weighted by Crippen LogP contribution is -2.61. The number of nitrogens with zero attached hydrogens (tertiary/aromatic N) is 1. The second-order valence-electron chi connectivity index (χ2n) is 15.9. The maximum absolute atomic E-state index is 14.4. The lowest BCUT2D eigenvalue weighted by Gasteiger charge is -2.32. The Morgan fingerprint density at radius 1 is 0.839 bits per heavy atom. The molecule has 2 aromatic rings. The van der Waals surface area contributed by atoms with E-state index in [1.54, 1.807) is 45.9 Å². The van der Waals surface area contributed by atoms with Crippen molar-refractivity contribution in [2.24, 2.45) is 11.8 Å². The fraction of sp³-hybridized carbons (Fsp3) is 0.575. The van der Waals surface area contributed by atoms with Gasteiger partial charge in [0.05, 0.1) is 37.8 Å². The van der Waals surface area contributed by atoms with Crippen LogP contribution in [0.5, 0.6) is 0 Å². The zero-order valence-electron chi connectivity index (χ0n) is 35.3. The molecule has 5 rings (SSSR count). The predicted molar refractivity (Wildman–Crippen MR) is 224 cm³/mol. The lowest BCUT2D eigenvalue weighted by atomic mass is 9.96. The van der Waals surface area contributed by atoms with Crippen molar-refractivity contribution in [3.8, 4) is 0 Å². The number of fused-ring (bicyclic) bond motifs is 5. The van der Waals surface area contributed by atoms with Gasteiger partial charge in [-0.15, -0.1) is 11.8 Å². The number of ether oxygens (including phenoxy) is 1. The molecule has 3 aliphatic heterocycles. The van der Waals surface area contributed by atoms with Crippen molar-refractivity contribution in [2.75, 3.05) is 38.2 Å². The SMILES string of the molecule is CC[C@H](C)[C@@H]1NC(=O)CNC(=O)[C@@H]2Cc3c([nH]c4ccc(N)cc34)SC[C@H](NC(=O)CNC1=O)C(=O)N[C@@H](CC(=O)OC)C(=O)N1C[C@@H](O)C[C@H]1C(=O)N[C@@H]([C@@H](C)CC)C(=O)N2. The Kier molecular flexibility index (Phi) is 15.8. The molecule has 1 aromatic carbocycles. The van der Waals surface area contributed by atoms with Crippen LogP contribution in [-0.4, -0.2) is 143 Å². The molecule has 2 bridgehead atoms. The van der Waals surface area contributed by atoms with Crippen LogP contribution >= 0.6 is 11.8 Å². The number of rotatable bonds is 6. The Balaban J connectivity index is 1.69. The highest BCUT2D eigenvalue weighted by molar-refractivity contribution is 7.99. The van der Waals surface area contributed by atoms with Crippen molar-refractivity contribution in [3.05, 3.63) is 23.8 Å². The van der Waals surface area contributed by atoms with Crippen molar-refractivity contribution in [2.45, 2.75) is 107 Å². The number of carbonyl (C=O) groups is 9. The molecule has 21 nitrogen and oxygen atoms in total. The van der Waals surface area contributed by atoms with Crippen LogP contribution in [0, 0.1) is 11.8 Å². The quantitative estimate of drug-likeness (QED) is 0.108. The van der Waals surface area contributed by atoms with Crippen LogP contribution in [0.3, 0.4) is 0 Å². The number of nitrogens with one attached hydrogen (secondary N) is 8. The van der Waals surface area contributed by atoms with Gasteiger partial charge in [0.25, 0.3) is 0 Å². The first-order valence-corrected chi connectivity index (χ1v) is 21.6. The minimum absolute atomic E-state index is 0.203. The van der Waals surface area contributed by atoms with Gasteiger partial charge in [-0.05, 0) is 35.6 Å². The van der Waals surface area contributed by atoms with E-state index in [0.29, 0.717) is 40.0 Å². The maximum Gasteiger partial charge on any atom is 0.308 e. The number of hydrogen-bond donors (Lipinski definition) is 10. The maximum atomic E-state index is 14.4. The average Bonchev–Trinajstić information content (AvgIpc) is 3.81. The minimum atomic E-state index is -1.65. The summed E-state index contributed by atoms with van der Waals surface area (Å²) in [6.07, 6.45) is -1.51. The van der Waals surface area contributed by atoms with Crippen LogP contribution in [-0.2, 0) is 54.3 Å². The molecule has 62 heavy (non-hydrogen) atoms. The van der Waals surface area contributed by atoms with Crippen LogP contribution in [0.1, 0.15) is 58.9 Å². The van der Waals surface area contributed by atoms with Crippen LogP contribution in [0.15, 0.2) is 23.2 Å². The number of nitrogen functional groups attached to an aromatic ring is 1. The summed E-state index contributed by atoms with van der Waals surface area (Å²) in [6, 6.07) is -3.27. The molecule has 0 saturated carbocycles. The molecule has 1 saturated heterocycles. The van der Waals surface area contributed by atoms with E-state index < -0.39 is 127 Å². The smallest absolute Gasteiger partial charge is 0.308 e. The number of benzene rings is 1. The van der Waals surface area contributed by atoms with E-state index in [9.17, 15) is 48.3 Å². The lowest BCUT2D eigenvalue weighted by molar-refractivity contribution is -0.148. The number of aromatic amines is 1. The van der Waals surface area contributed by atoms with Gasteiger partial charge in [0.1, 0.15) is 36.3 Å². The van der Waals surface area contributed by atoms with Gasteiger partial charge in [-0.25, -0.2) is 0 Å². The molecule has 0 radical (unpaired) electrons. The molecular formula is C40H56N10O11S. The summed E-state index contributed by atoms with van der Waals surface area (Å²) in [5.74, 6) is -8.56. The second kappa shape index (κ2) is 20.8. The zero-order valence-corrected chi connectivity index (χ0v) is 36.1. The minimum Gasteiger partial charge on any atom is -0.469 e. The van der Waals surface area contributed by atoms with Gasteiger partial charge >= 0.3 is 5.97 Å². The molecule has 9 atom stereocenters. The first kappa shape index (κ1) is 47.2. The van der Waals surface area contributed by atoms with Crippen molar-refractivity contribution in [3.63, 3.8) is 0 Å². The number of carbonyl (C=O) groups excluding carboxylic acids is 9. The van der Waals surface area contributed by atoms with E-state index in [4.69, 9.17) is 10.5 Å². The highest BCUT2D eigenvalue weighted by Gasteiger charge is 2.44. The highest BCUT2D eigenvalue weighted by atomic mass is 32.2. The van der Waals surface area contributed by atoms with E-state index >= 15 is 0 Å². The summed E-state index contributed by atoms with van der Waals surface area (Å²) in [5.41, 5.74) is 7.62. The number of aliphatic hydroxyl groups excluding tert-OH is 1. The van der Waals surface area contributed by atoms with Gasteiger partial charge < -0.3 is 62.7 Å². The highest BCUT2D eigenvalue weighted by Crippen LogP contribution is 2.33. The largest absolute Gasteiger partial charge is 0.469 e. The Morgan fingerprint density at radius 3 is 2.15 bits per heavy atom. The topological polar surface area (TPSA) is 312 Å². The molecule has 338 valence electrons. The Bertz CT molecular complexity index is 2080. The number of nitrogens with two attached hydrogens (primary N) is 1. The van der Waals surface area contributed by atoms with E-state index in [0.717, 1.165) is 23.8 Å². The third-order valence-corrected chi connectivity index (χ3v) is 12.6. The van der Waals surface area contributed by atoms with Gasteiger partial charge in [0.15, 0.2) is 0 Å². The van der Waals surface area contributed by atoms with Gasteiger partial charge in [0.2, 0.25) is 47.3 Å². The van der Waals surface area contributed by atoms with Crippen LogP contribution < -0.4 is 43.0 Å². The van der Waals surface area contributed by atoms with E-state index in [-0.39, 0.29) is 25.1 Å². The zero-order chi connectivity index (χ0) is 45.4. The Morgan fingerprint density at radius 2 is 1.48 bits per heavy atom. The van der Waals surface area contributed by atoms with Gasteiger partial charge in [-0.3, -0.25) is 43.2 Å². The molecule has 3 aliphatic rings. The molecule has 0 unspecified atom stereocenters. The summed E-state index contributed by atoms with van der Waals surface area (Å²) in [7, 11) is 1.08. The number of methoxy groups -OCH3 is 1. The summed E-state index contributed by atoms with van der Waals surface area (Å²) >= 11 is 1.05. The Hall–Kier alpha value is -5.90. The molecule has 22 heteroatoms. The number of esters is 1. The summed E-state index contributed by atoms with van der Waals surface area (Å²) < 4.78 is 4.82. The number of aromatic nitrogens is 1. The summed E-state index contributed by atoms with van der Waals surface area (Å²) in [4.78, 5) is 129. The van der Waals surface area contributed by atoms with Gasteiger partial charge in [-0.1, -0.05) is 40.5 Å². The molecule has 8 amide bonds. The molecule has 11 N–H and O–H groups in total. The fourth-order valence-corrected chi connectivity index (χ4v) is 8.63. The van der Waals surface area contributed by atoms with Crippen molar-refractivity contribution < 1.29 is 53.0 Å². The normalized spacial score (nSPS) is 27.3. The monoisotopic (exact) mass is 884 g/mol. The first-order chi connectivity index (χ1) is 29.4. The van der Waals surface area contributed by atoms with Crippen LogP contribution in [0.4, 0.5) is 5.69 Å². The fourth-order valence-electron chi connectivity index (χ4n) is 7.51. The molecule has 1 fully saturated rings. The van der Waals surface area contributed by atoms with Crippen molar-refractivity contribution in [1.82, 2.24) is 47.1 Å². The Labute approximate surface area is 361 Å². The summed E-state index contributed by atoms with van der Waals surface area (Å²) in [5, 5.41) is 30.0. The second-order valence-corrected chi connectivity index (χ2v) is 16.9. The summed E-state index contributed by atoms with van der Waals surface area (Å²) in [6.45, 7) is 5.41. The van der Waals surface area contributed by atoms with Crippen molar-refractivity contribution in [1.29, 1.82) is 0 Å². The van der Waals surface area contributed by atoms with Gasteiger partial charge in [-0.2, -0.15) is 0 Å². The van der Waals surface area contributed by atoms with E-state index in [2.05, 4.69) is 42.2 Å². The van der Waals surface area contributed by atoms with Crippen LogP contribution in [0.2, 0.25) is 0 Å². The molecule has 1 aromatic heterocycles. The average molecular weight is 885 g/mol. The third-order valence-electron chi connectivity index (χ3n) is 11.5. The molecule has 0 spiro atoms. The first-order valence-electron chi connectivity index (χ1n) is 20.6. The number of anilines is 1. The van der Waals surface area contributed by atoms with Crippen LogP contribution in [0.25, 0.3) is 10.9 Å². The predicted octanol–water partition coefficient (Wildman–Crippen LogP) is -2.31. The molecular weight excluding hydrogens is 829 g/mol. The van der Waals surface area contributed by atoms with Crippen molar-refractivity contribution >= 4 is 81.6 Å². The number of aliphatic hydroxyl groups is 1. The van der Waals surface area contributed by atoms with E-state index in [1.165, 1.54) is 0 Å². The van der Waals surface area contributed by atoms with Gasteiger partial charge in [0, 0.05) is 41.7 Å². The number of hydrogen-bond acceptors (Lipinski definition) is 13. The standard InChI is InChI=1S/C40H56N10O11S/c1-6-18(3)32-37(58)43-14-29(52)44-27-17-62-39-23(22-10-20(41)8-9-24(22)47-39)12-25(34(55)42-15-30(53)48-32)45-38(59)33(19(4)7-2)49-36(57)28-11-21(51)16-50(28)40(60)26(46-35(27)56)13-31(54)61-5/h8-10,18-19,21,25-28,32-33,47,51H,6-7,11-17,41H2,1-5H3,(H,42,55)(H,43,58)(H,44,52)(H,45,59)(H,46,56)(H,48,53)(H,49,57)/t18-,19-,21-,25-,26-,27-,28-,32-,33-/m0/s1. The third kappa shape index (κ3) is 11.3. The van der Waals surface area contributed by atoms with E-state index in [1.807, 2.05) is 0 Å². The number of amides is 8. The number of H-pyrrole nitrogens is 1.